The fourth-order valence-electron chi connectivity index (χ4n) is 1.66. The van der Waals surface area contributed by atoms with Crippen LogP contribution in [0.3, 0.4) is 0 Å². The summed E-state index contributed by atoms with van der Waals surface area (Å²) in [6.45, 7) is 3.86. The standard InChI is InChI=1S/C13H26N6/c1-14-7-9-19(4)13-10-12(16-11-17-13)15-6-5-8-18(2)3/h10-11,14H,5-9H2,1-4H3,(H,15,16,17). The zero-order valence-electron chi connectivity index (χ0n) is 12.5. The van der Waals surface area contributed by atoms with Crippen LogP contribution in [0, 0.1) is 0 Å². The van der Waals surface area contributed by atoms with Crippen LogP contribution in [0.4, 0.5) is 11.6 Å². The van der Waals surface area contributed by atoms with E-state index in [1.54, 1.807) is 6.33 Å². The van der Waals surface area contributed by atoms with Crippen LogP contribution in [0.15, 0.2) is 12.4 Å². The third-order valence-corrected chi connectivity index (χ3v) is 2.83. The maximum absolute atomic E-state index is 4.29. The lowest BCUT2D eigenvalue weighted by Gasteiger charge is -2.18. The van der Waals surface area contributed by atoms with E-state index >= 15 is 0 Å². The van der Waals surface area contributed by atoms with Crippen LogP contribution in [0.2, 0.25) is 0 Å². The predicted molar refractivity (Wildman–Crippen MR) is 80.9 cm³/mol. The van der Waals surface area contributed by atoms with Crippen molar-refractivity contribution in [2.45, 2.75) is 6.42 Å². The molecule has 2 N–H and O–H groups in total. The quantitative estimate of drug-likeness (QED) is 0.635. The van der Waals surface area contributed by atoms with Crippen molar-refractivity contribution in [3.05, 3.63) is 12.4 Å². The van der Waals surface area contributed by atoms with Crippen LogP contribution in [0.25, 0.3) is 0 Å². The molecule has 0 aliphatic carbocycles. The van der Waals surface area contributed by atoms with Crippen molar-refractivity contribution in [3.8, 4) is 0 Å². The maximum Gasteiger partial charge on any atom is 0.133 e. The Kier molecular flexibility index (Phi) is 7.14. The monoisotopic (exact) mass is 266 g/mol. The van der Waals surface area contributed by atoms with Gasteiger partial charge in [-0.25, -0.2) is 9.97 Å². The molecular formula is C13H26N6. The minimum Gasteiger partial charge on any atom is -0.370 e. The minimum atomic E-state index is 0.889. The number of hydrogen-bond donors (Lipinski definition) is 2. The van der Waals surface area contributed by atoms with Gasteiger partial charge in [0.25, 0.3) is 0 Å². The minimum absolute atomic E-state index is 0.889. The first kappa shape index (κ1) is 15.7. The van der Waals surface area contributed by atoms with E-state index in [1.165, 1.54) is 0 Å². The summed E-state index contributed by atoms with van der Waals surface area (Å²) in [5, 5.41) is 6.46. The average molecular weight is 266 g/mol. The van der Waals surface area contributed by atoms with Gasteiger partial charge >= 0.3 is 0 Å². The summed E-state index contributed by atoms with van der Waals surface area (Å²) in [4.78, 5) is 12.8. The first-order chi connectivity index (χ1) is 9.13. The zero-order valence-corrected chi connectivity index (χ0v) is 12.5. The Morgan fingerprint density at radius 3 is 2.58 bits per heavy atom. The van der Waals surface area contributed by atoms with Gasteiger partial charge in [-0.2, -0.15) is 0 Å². The van der Waals surface area contributed by atoms with E-state index in [0.29, 0.717) is 0 Å². The van der Waals surface area contributed by atoms with Gasteiger partial charge in [-0.3, -0.25) is 0 Å². The van der Waals surface area contributed by atoms with Crippen molar-refractivity contribution >= 4 is 11.6 Å². The van der Waals surface area contributed by atoms with Crippen LogP contribution in [-0.2, 0) is 0 Å². The number of rotatable bonds is 9. The van der Waals surface area contributed by atoms with E-state index in [2.05, 4.69) is 44.5 Å². The molecule has 0 saturated heterocycles. The SMILES string of the molecule is CNCCN(C)c1cc(NCCCN(C)C)ncn1. The Morgan fingerprint density at radius 1 is 1.11 bits per heavy atom. The van der Waals surface area contributed by atoms with Crippen molar-refractivity contribution in [1.29, 1.82) is 0 Å². The third-order valence-electron chi connectivity index (χ3n) is 2.83. The second-order valence-electron chi connectivity index (χ2n) is 4.87. The molecule has 1 heterocycles. The zero-order chi connectivity index (χ0) is 14.1. The molecule has 1 aromatic heterocycles. The normalized spacial score (nSPS) is 10.8. The molecule has 0 aliphatic heterocycles. The number of nitrogens with one attached hydrogen (secondary N) is 2. The number of hydrogen-bond acceptors (Lipinski definition) is 6. The molecule has 0 aromatic carbocycles. The van der Waals surface area contributed by atoms with Gasteiger partial charge in [0.2, 0.25) is 0 Å². The summed E-state index contributed by atoms with van der Waals surface area (Å²) in [6, 6.07) is 1.99. The molecule has 108 valence electrons. The molecule has 0 saturated carbocycles. The Bertz CT molecular complexity index is 355. The van der Waals surface area contributed by atoms with Gasteiger partial charge in [-0.05, 0) is 34.1 Å². The van der Waals surface area contributed by atoms with Gasteiger partial charge in [-0.15, -0.1) is 0 Å². The molecule has 0 bridgehead atoms. The number of likely N-dealkylation sites (N-methyl/N-ethyl adjacent to an activating group) is 2. The highest BCUT2D eigenvalue weighted by Crippen LogP contribution is 2.11. The van der Waals surface area contributed by atoms with E-state index in [4.69, 9.17) is 0 Å². The molecule has 0 fully saturated rings. The fraction of sp³-hybridized carbons (Fsp3) is 0.692. The van der Waals surface area contributed by atoms with Crippen molar-refractivity contribution in [2.24, 2.45) is 0 Å². The van der Waals surface area contributed by atoms with Crippen molar-refractivity contribution in [3.63, 3.8) is 0 Å². The van der Waals surface area contributed by atoms with Crippen molar-refractivity contribution in [1.82, 2.24) is 20.2 Å². The second-order valence-corrected chi connectivity index (χ2v) is 4.87. The number of nitrogens with zero attached hydrogens (tertiary/aromatic N) is 4. The topological polar surface area (TPSA) is 56.3 Å². The molecule has 0 spiro atoms. The summed E-state index contributed by atoms with van der Waals surface area (Å²) in [7, 11) is 8.15. The molecule has 1 aromatic rings. The highest BCUT2D eigenvalue weighted by atomic mass is 15.2. The number of anilines is 2. The van der Waals surface area contributed by atoms with Crippen molar-refractivity contribution in [2.75, 3.05) is 64.6 Å². The lowest BCUT2D eigenvalue weighted by molar-refractivity contribution is 0.405. The van der Waals surface area contributed by atoms with Gasteiger partial charge in [-0.1, -0.05) is 0 Å². The predicted octanol–water partition coefficient (Wildman–Crippen LogP) is 0.496. The van der Waals surface area contributed by atoms with Crippen LogP contribution in [-0.4, -0.2) is 69.2 Å². The molecule has 0 aliphatic rings. The summed E-state index contributed by atoms with van der Waals surface area (Å²) in [5.74, 6) is 1.83. The lowest BCUT2D eigenvalue weighted by atomic mass is 10.4. The molecule has 6 heteroatoms. The molecule has 0 atom stereocenters. The Balaban J connectivity index is 2.43. The van der Waals surface area contributed by atoms with Crippen LogP contribution < -0.4 is 15.5 Å². The average Bonchev–Trinajstić information content (AvgIpc) is 2.41. The molecule has 0 amide bonds. The van der Waals surface area contributed by atoms with E-state index < -0.39 is 0 Å². The first-order valence-electron chi connectivity index (χ1n) is 6.70. The molecule has 1 rings (SSSR count). The molecular weight excluding hydrogens is 240 g/mol. The molecule has 0 unspecified atom stereocenters. The maximum atomic E-state index is 4.29. The van der Waals surface area contributed by atoms with Gasteiger partial charge in [0.05, 0.1) is 0 Å². The smallest absolute Gasteiger partial charge is 0.133 e. The van der Waals surface area contributed by atoms with E-state index in [0.717, 1.165) is 44.2 Å². The third kappa shape index (κ3) is 6.35. The molecule has 0 radical (unpaired) electrons. The fourth-order valence-corrected chi connectivity index (χ4v) is 1.66. The summed E-state index contributed by atoms with van der Waals surface area (Å²) < 4.78 is 0. The van der Waals surface area contributed by atoms with Crippen LogP contribution >= 0.6 is 0 Å². The van der Waals surface area contributed by atoms with Gasteiger partial charge < -0.3 is 20.4 Å². The number of aromatic nitrogens is 2. The van der Waals surface area contributed by atoms with Gasteiger partial charge in [0, 0.05) is 32.7 Å². The highest BCUT2D eigenvalue weighted by Gasteiger charge is 2.03. The van der Waals surface area contributed by atoms with E-state index in [1.807, 2.05) is 20.2 Å². The summed E-state index contributed by atoms with van der Waals surface area (Å²) in [5.41, 5.74) is 0. The van der Waals surface area contributed by atoms with E-state index in [9.17, 15) is 0 Å². The van der Waals surface area contributed by atoms with Crippen molar-refractivity contribution < 1.29 is 0 Å². The highest BCUT2D eigenvalue weighted by molar-refractivity contribution is 5.47. The lowest BCUT2D eigenvalue weighted by Crippen LogP contribution is -2.27. The summed E-state index contributed by atoms with van der Waals surface area (Å²) in [6.07, 6.45) is 2.71. The Hall–Kier alpha value is -1.40. The Morgan fingerprint density at radius 2 is 1.89 bits per heavy atom. The van der Waals surface area contributed by atoms with Gasteiger partial charge in [0.1, 0.15) is 18.0 Å². The van der Waals surface area contributed by atoms with Crippen LogP contribution in [0.5, 0.6) is 0 Å². The van der Waals surface area contributed by atoms with E-state index in [-0.39, 0.29) is 0 Å². The second kappa shape index (κ2) is 8.66. The first-order valence-corrected chi connectivity index (χ1v) is 6.70. The summed E-state index contributed by atoms with van der Waals surface area (Å²) >= 11 is 0. The largest absolute Gasteiger partial charge is 0.370 e. The van der Waals surface area contributed by atoms with Crippen LogP contribution in [0.1, 0.15) is 6.42 Å². The Labute approximate surface area is 116 Å². The van der Waals surface area contributed by atoms with Gasteiger partial charge in [0.15, 0.2) is 0 Å². The molecule has 6 nitrogen and oxygen atoms in total. The molecule has 19 heavy (non-hydrogen) atoms.